The largest absolute Gasteiger partial charge is 0.391 e. The summed E-state index contributed by atoms with van der Waals surface area (Å²) in [6, 6.07) is 1.76. The van der Waals surface area contributed by atoms with Gasteiger partial charge in [0.15, 0.2) is 4.96 Å². The van der Waals surface area contributed by atoms with E-state index in [0.29, 0.717) is 6.54 Å². The van der Waals surface area contributed by atoms with Crippen LogP contribution < -0.4 is 5.56 Å². The van der Waals surface area contributed by atoms with E-state index in [0.717, 1.165) is 36.3 Å². The van der Waals surface area contributed by atoms with Crippen LogP contribution >= 0.6 is 11.3 Å². The van der Waals surface area contributed by atoms with E-state index in [9.17, 15) is 9.90 Å². The van der Waals surface area contributed by atoms with Crippen molar-refractivity contribution in [1.82, 2.24) is 14.3 Å². The fraction of sp³-hybridized carbons (Fsp3) is 0.571. The first-order valence-corrected chi connectivity index (χ1v) is 7.87. The van der Waals surface area contributed by atoms with Crippen molar-refractivity contribution in [2.45, 2.75) is 44.4 Å². The Labute approximate surface area is 121 Å². The molecular formula is C14H19N3O2S. The van der Waals surface area contributed by atoms with Crippen molar-refractivity contribution in [3.8, 4) is 0 Å². The van der Waals surface area contributed by atoms with Gasteiger partial charge in [0.1, 0.15) is 0 Å². The molecule has 1 saturated carbocycles. The number of aromatic nitrogens is 2. The number of likely N-dealkylation sites (N-methyl/N-ethyl adjacent to an activating group) is 1. The number of hydrogen-bond acceptors (Lipinski definition) is 5. The van der Waals surface area contributed by atoms with Crippen LogP contribution in [0, 0.1) is 0 Å². The second kappa shape index (κ2) is 5.63. The van der Waals surface area contributed by atoms with Gasteiger partial charge in [-0.3, -0.25) is 14.1 Å². The van der Waals surface area contributed by atoms with Gasteiger partial charge in [-0.15, -0.1) is 11.3 Å². The van der Waals surface area contributed by atoms with Gasteiger partial charge in [-0.05, 0) is 19.9 Å². The lowest BCUT2D eigenvalue weighted by Crippen LogP contribution is -2.43. The quantitative estimate of drug-likeness (QED) is 0.931. The molecule has 0 bridgehead atoms. The van der Waals surface area contributed by atoms with Crippen LogP contribution in [0.25, 0.3) is 4.96 Å². The third-order valence-electron chi connectivity index (χ3n) is 4.03. The third kappa shape index (κ3) is 2.63. The van der Waals surface area contributed by atoms with Gasteiger partial charge in [-0.2, -0.15) is 0 Å². The molecule has 1 fully saturated rings. The van der Waals surface area contributed by atoms with Gasteiger partial charge < -0.3 is 5.11 Å². The van der Waals surface area contributed by atoms with Crippen LogP contribution in [-0.4, -0.2) is 38.6 Å². The molecule has 5 nitrogen and oxygen atoms in total. The summed E-state index contributed by atoms with van der Waals surface area (Å²) in [5.74, 6) is 0. The lowest BCUT2D eigenvalue weighted by Gasteiger charge is -2.34. The summed E-state index contributed by atoms with van der Waals surface area (Å²) in [4.78, 5) is 19.3. The van der Waals surface area contributed by atoms with Crippen molar-refractivity contribution in [3.05, 3.63) is 33.7 Å². The number of rotatable bonds is 3. The molecule has 0 amide bonds. The SMILES string of the molecule is CN(Cc1cc(=O)n2ccsc2n1)C1CCCCC1O. The van der Waals surface area contributed by atoms with Crippen molar-refractivity contribution in [2.75, 3.05) is 7.05 Å². The molecule has 6 heteroatoms. The highest BCUT2D eigenvalue weighted by Crippen LogP contribution is 2.23. The summed E-state index contributed by atoms with van der Waals surface area (Å²) in [5.41, 5.74) is 0.738. The second-order valence-corrected chi connectivity index (χ2v) is 6.35. The maximum atomic E-state index is 11.9. The molecule has 2 atom stereocenters. The molecule has 0 saturated heterocycles. The van der Waals surface area contributed by atoms with Crippen molar-refractivity contribution in [2.24, 2.45) is 0 Å². The minimum absolute atomic E-state index is 0.0381. The molecule has 2 aromatic rings. The molecule has 2 unspecified atom stereocenters. The highest BCUT2D eigenvalue weighted by Gasteiger charge is 2.26. The molecule has 3 rings (SSSR count). The lowest BCUT2D eigenvalue weighted by atomic mass is 9.91. The molecule has 0 aliphatic heterocycles. The predicted molar refractivity (Wildman–Crippen MR) is 79.1 cm³/mol. The highest BCUT2D eigenvalue weighted by atomic mass is 32.1. The van der Waals surface area contributed by atoms with Crippen LogP contribution in [0.3, 0.4) is 0 Å². The Morgan fingerprint density at radius 2 is 2.30 bits per heavy atom. The van der Waals surface area contributed by atoms with Gasteiger partial charge in [0.2, 0.25) is 0 Å². The Morgan fingerprint density at radius 3 is 3.10 bits per heavy atom. The summed E-state index contributed by atoms with van der Waals surface area (Å²) in [5, 5.41) is 11.9. The first kappa shape index (κ1) is 13.7. The van der Waals surface area contributed by atoms with Gasteiger partial charge in [0.05, 0.1) is 11.8 Å². The molecule has 1 aliphatic rings. The van der Waals surface area contributed by atoms with Gasteiger partial charge in [-0.25, -0.2) is 4.98 Å². The van der Waals surface area contributed by atoms with Crippen molar-refractivity contribution in [1.29, 1.82) is 0 Å². The standard InChI is InChI=1S/C14H19N3O2S/c1-16(11-4-2-3-5-12(11)18)9-10-8-13(19)17-6-7-20-14(17)15-10/h6-8,11-12,18H,2-5,9H2,1H3. The highest BCUT2D eigenvalue weighted by molar-refractivity contribution is 7.15. The van der Waals surface area contributed by atoms with Gasteiger partial charge in [0.25, 0.3) is 5.56 Å². The number of hydrogen-bond donors (Lipinski definition) is 1. The van der Waals surface area contributed by atoms with Crippen LogP contribution in [0.1, 0.15) is 31.4 Å². The minimum atomic E-state index is -0.264. The molecule has 1 N–H and O–H groups in total. The van der Waals surface area contributed by atoms with Crippen LogP contribution in [0.2, 0.25) is 0 Å². The zero-order valence-electron chi connectivity index (χ0n) is 11.5. The van der Waals surface area contributed by atoms with E-state index in [-0.39, 0.29) is 17.7 Å². The summed E-state index contributed by atoms with van der Waals surface area (Å²) in [7, 11) is 2.00. The Kier molecular flexibility index (Phi) is 3.87. The van der Waals surface area contributed by atoms with E-state index in [2.05, 4.69) is 9.88 Å². The number of aliphatic hydroxyl groups is 1. The second-order valence-electron chi connectivity index (χ2n) is 5.48. The molecule has 0 aromatic carbocycles. The summed E-state index contributed by atoms with van der Waals surface area (Å²) in [6.45, 7) is 0.603. The monoisotopic (exact) mass is 293 g/mol. The number of nitrogens with zero attached hydrogens (tertiary/aromatic N) is 3. The normalized spacial score (nSPS) is 23.6. The molecule has 2 aromatic heterocycles. The van der Waals surface area contributed by atoms with E-state index < -0.39 is 0 Å². The van der Waals surface area contributed by atoms with Crippen molar-refractivity contribution >= 4 is 16.3 Å². The van der Waals surface area contributed by atoms with Crippen LogP contribution in [0.5, 0.6) is 0 Å². The number of fused-ring (bicyclic) bond motifs is 1. The number of aliphatic hydroxyl groups excluding tert-OH is 1. The Morgan fingerprint density at radius 1 is 1.50 bits per heavy atom. The van der Waals surface area contributed by atoms with E-state index in [4.69, 9.17) is 0 Å². The minimum Gasteiger partial charge on any atom is -0.391 e. The topological polar surface area (TPSA) is 57.8 Å². The molecule has 1 aliphatic carbocycles. The van der Waals surface area contributed by atoms with E-state index >= 15 is 0 Å². The Bertz CT molecular complexity index is 651. The van der Waals surface area contributed by atoms with Gasteiger partial charge >= 0.3 is 0 Å². The molecule has 2 heterocycles. The smallest absolute Gasteiger partial charge is 0.258 e. The fourth-order valence-electron chi connectivity index (χ4n) is 2.95. The summed E-state index contributed by atoms with van der Waals surface area (Å²) in [6.07, 6.45) is 5.62. The Balaban J connectivity index is 1.79. The van der Waals surface area contributed by atoms with E-state index in [1.54, 1.807) is 16.7 Å². The average molecular weight is 293 g/mol. The third-order valence-corrected chi connectivity index (χ3v) is 4.78. The molecule has 20 heavy (non-hydrogen) atoms. The summed E-state index contributed by atoms with van der Waals surface area (Å²) >= 11 is 1.46. The van der Waals surface area contributed by atoms with Crippen molar-refractivity contribution < 1.29 is 5.11 Å². The zero-order valence-corrected chi connectivity index (χ0v) is 12.3. The van der Waals surface area contributed by atoms with Crippen LogP contribution in [0.4, 0.5) is 0 Å². The summed E-state index contributed by atoms with van der Waals surface area (Å²) < 4.78 is 1.56. The molecule has 0 radical (unpaired) electrons. The predicted octanol–water partition coefficient (Wildman–Crippen LogP) is 1.49. The van der Waals surface area contributed by atoms with E-state index in [1.165, 1.54) is 11.3 Å². The van der Waals surface area contributed by atoms with Gasteiger partial charge in [0, 0.05) is 30.2 Å². The van der Waals surface area contributed by atoms with Crippen LogP contribution in [0.15, 0.2) is 22.4 Å². The lowest BCUT2D eigenvalue weighted by molar-refractivity contribution is 0.0283. The maximum Gasteiger partial charge on any atom is 0.258 e. The first-order valence-electron chi connectivity index (χ1n) is 6.99. The molecule has 0 spiro atoms. The molecular weight excluding hydrogens is 274 g/mol. The zero-order chi connectivity index (χ0) is 14.1. The fourth-order valence-corrected chi connectivity index (χ4v) is 3.69. The molecule has 108 valence electrons. The maximum absolute atomic E-state index is 11.9. The van der Waals surface area contributed by atoms with Gasteiger partial charge in [-0.1, -0.05) is 12.8 Å². The average Bonchev–Trinajstić information content (AvgIpc) is 2.88. The Hall–Kier alpha value is -1.24. The first-order chi connectivity index (χ1) is 9.65. The number of thiazole rings is 1. The van der Waals surface area contributed by atoms with Crippen LogP contribution in [-0.2, 0) is 6.54 Å². The van der Waals surface area contributed by atoms with Crippen molar-refractivity contribution in [3.63, 3.8) is 0 Å². The van der Waals surface area contributed by atoms with E-state index in [1.807, 2.05) is 12.4 Å².